The van der Waals surface area contributed by atoms with Gasteiger partial charge in [0, 0.05) is 7.05 Å². The Morgan fingerprint density at radius 1 is 1.26 bits per heavy atom. The highest BCUT2D eigenvalue weighted by Gasteiger charge is 2.27. The number of benzene rings is 2. The molecule has 0 unspecified atom stereocenters. The van der Waals surface area contributed by atoms with Crippen molar-refractivity contribution >= 4 is 40.6 Å². The zero-order chi connectivity index (χ0) is 19.6. The maximum atomic E-state index is 12.3. The van der Waals surface area contributed by atoms with Crippen LogP contribution >= 0.6 is 11.8 Å². The zero-order valence-corrected chi connectivity index (χ0v) is 15.4. The number of amides is 1. The monoisotopic (exact) mass is 384 g/mol. The molecule has 27 heavy (non-hydrogen) atoms. The maximum Gasteiger partial charge on any atom is 0.337 e. The van der Waals surface area contributed by atoms with E-state index in [2.05, 4.69) is 4.99 Å². The Kier molecular flexibility index (Phi) is 5.18. The average molecular weight is 384 g/mol. The molecule has 1 aliphatic rings. The molecule has 7 nitrogen and oxygen atoms in total. The number of ether oxygens (including phenoxy) is 1. The number of carboxylic acids is 1. The summed E-state index contributed by atoms with van der Waals surface area (Å²) in [5.41, 5.74) is 1.23. The minimum atomic E-state index is -1.06. The lowest BCUT2D eigenvalue weighted by Gasteiger charge is -2.19. The van der Waals surface area contributed by atoms with E-state index in [0.29, 0.717) is 27.1 Å². The van der Waals surface area contributed by atoms with Gasteiger partial charge in [0.2, 0.25) is 0 Å². The quantitative estimate of drug-likeness (QED) is 0.781. The lowest BCUT2D eigenvalue weighted by Crippen LogP contribution is -2.24. The van der Waals surface area contributed by atoms with Crippen LogP contribution in [0.4, 0.5) is 5.69 Å². The number of aliphatic imine (C=N–C) groups is 1. The molecule has 0 saturated carbocycles. The van der Waals surface area contributed by atoms with Crippen LogP contribution in [-0.4, -0.2) is 41.4 Å². The molecular weight excluding hydrogens is 368 g/mol. The number of rotatable bonds is 4. The first kappa shape index (κ1) is 18.5. The van der Waals surface area contributed by atoms with Crippen molar-refractivity contribution in [3.05, 3.63) is 58.5 Å². The molecule has 3 rings (SSSR count). The van der Waals surface area contributed by atoms with Gasteiger partial charge in [-0.05, 0) is 47.7 Å². The van der Waals surface area contributed by atoms with Gasteiger partial charge in [-0.15, -0.1) is 0 Å². The smallest absolute Gasteiger partial charge is 0.337 e. The van der Waals surface area contributed by atoms with E-state index in [4.69, 9.17) is 4.74 Å². The molecule has 138 valence electrons. The molecule has 2 aromatic rings. The van der Waals surface area contributed by atoms with Crippen molar-refractivity contribution in [3.8, 4) is 11.5 Å². The Bertz CT molecular complexity index is 984. The Labute approximate surface area is 159 Å². The normalized spacial score (nSPS) is 15.0. The van der Waals surface area contributed by atoms with Gasteiger partial charge in [-0.25, -0.2) is 4.79 Å². The first-order chi connectivity index (χ1) is 12.9. The highest BCUT2D eigenvalue weighted by Crippen LogP contribution is 2.34. The number of para-hydroxylation sites is 1. The number of hydrogen-bond donors (Lipinski definition) is 2. The molecule has 0 saturated heterocycles. The molecule has 0 bridgehead atoms. The Morgan fingerprint density at radius 3 is 2.70 bits per heavy atom. The minimum Gasteiger partial charge on any atom is -0.504 e. The number of phenols is 1. The SMILES string of the molecule is COc1cc(/C=C2\SC(N(C)c3ccccc3C(=O)O)=NC2=O)ccc1O. The van der Waals surface area contributed by atoms with Crippen molar-refractivity contribution in [2.75, 3.05) is 19.1 Å². The minimum absolute atomic E-state index is 0.00648. The summed E-state index contributed by atoms with van der Waals surface area (Å²) in [6.45, 7) is 0. The third kappa shape index (κ3) is 3.80. The highest BCUT2D eigenvalue weighted by atomic mass is 32.2. The second-order valence-corrected chi connectivity index (χ2v) is 6.63. The molecular formula is C19H16N2O5S. The lowest BCUT2D eigenvalue weighted by molar-refractivity contribution is -0.113. The van der Waals surface area contributed by atoms with E-state index < -0.39 is 11.9 Å². The topological polar surface area (TPSA) is 99.4 Å². The van der Waals surface area contributed by atoms with E-state index in [1.807, 2.05) is 0 Å². The molecule has 2 N–H and O–H groups in total. The molecule has 8 heteroatoms. The third-order valence-corrected chi connectivity index (χ3v) is 4.95. The summed E-state index contributed by atoms with van der Waals surface area (Å²) < 4.78 is 5.07. The molecule has 2 aromatic carbocycles. The van der Waals surface area contributed by atoms with Crippen molar-refractivity contribution in [1.82, 2.24) is 0 Å². The summed E-state index contributed by atoms with van der Waals surface area (Å²) in [5, 5.41) is 19.4. The molecule has 0 radical (unpaired) electrons. The standard InChI is InChI=1S/C19H16N2O5S/c1-21(13-6-4-3-5-12(13)18(24)25)19-20-17(23)16(27-19)10-11-7-8-14(22)15(9-11)26-2/h3-10,22H,1-2H3,(H,24,25)/b16-10-. The molecule has 1 aliphatic heterocycles. The Balaban J connectivity index is 1.87. The number of aromatic carboxylic acids is 1. The summed E-state index contributed by atoms with van der Waals surface area (Å²) in [4.78, 5) is 29.7. The third-order valence-electron chi connectivity index (χ3n) is 3.89. The van der Waals surface area contributed by atoms with Gasteiger partial charge in [0.15, 0.2) is 16.7 Å². The van der Waals surface area contributed by atoms with Gasteiger partial charge in [0.25, 0.3) is 5.91 Å². The fraction of sp³-hybridized carbons (Fsp3) is 0.105. The molecule has 0 atom stereocenters. The fourth-order valence-electron chi connectivity index (χ4n) is 2.53. The van der Waals surface area contributed by atoms with Gasteiger partial charge in [0.05, 0.1) is 23.3 Å². The predicted octanol–water partition coefficient (Wildman–Crippen LogP) is 3.21. The molecule has 0 fully saturated rings. The van der Waals surface area contributed by atoms with E-state index in [-0.39, 0.29) is 11.3 Å². The number of carbonyl (C=O) groups is 2. The van der Waals surface area contributed by atoms with E-state index >= 15 is 0 Å². The maximum absolute atomic E-state index is 12.3. The summed E-state index contributed by atoms with van der Waals surface area (Å²) in [7, 11) is 3.10. The van der Waals surface area contributed by atoms with Crippen molar-refractivity contribution in [2.24, 2.45) is 4.99 Å². The predicted molar refractivity (Wildman–Crippen MR) is 104 cm³/mol. The molecule has 0 aromatic heterocycles. The largest absolute Gasteiger partial charge is 0.504 e. The van der Waals surface area contributed by atoms with Gasteiger partial charge >= 0.3 is 5.97 Å². The summed E-state index contributed by atoms with van der Waals surface area (Å²) in [6, 6.07) is 11.3. The number of carboxylic acid groups (broad SMARTS) is 1. The summed E-state index contributed by atoms with van der Waals surface area (Å²) >= 11 is 1.15. The summed E-state index contributed by atoms with van der Waals surface area (Å²) in [6.07, 6.45) is 1.64. The van der Waals surface area contributed by atoms with Crippen LogP contribution in [0.3, 0.4) is 0 Å². The van der Waals surface area contributed by atoms with Crippen LogP contribution in [0.1, 0.15) is 15.9 Å². The van der Waals surface area contributed by atoms with E-state index in [9.17, 15) is 19.8 Å². The molecule has 1 heterocycles. The number of phenolic OH excluding ortho intramolecular Hbond substituents is 1. The van der Waals surface area contributed by atoms with Crippen LogP contribution < -0.4 is 9.64 Å². The zero-order valence-electron chi connectivity index (χ0n) is 14.5. The van der Waals surface area contributed by atoms with Crippen LogP contribution in [0.25, 0.3) is 6.08 Å². The van der Waals surface area contributed by atoms with Crippen molar-refractivity contribution in [3.63, 3.8) is 0 Å². The highest BCUT2D eigenvalue weighted by molar-refractivity contribution is 8.18. The van der Waals surface area contributed by atoms with Crippen LogP contribution in [0.5, 0.6) is 11.5 Å². The first-order valence-electron chi connectivity index (χ1n) is 7.86. The summed E-state index contributed by atoms with van der Waals surface area (Å²) in [5.74, 6) is -1.17. The van der Waals surface area contributed by atoms with Crippen LogP contribution in [0.15, 0.2) is 52.4 Å². The van der Waals surface area contributed by atoms with Crippen molar-refractivity contribution in [1.29, 1.82) is 0 Å². The molecule has 1 amide bonds. The Hall–Kier alpha value is -3.26. The number of amidine groups is 1. The number of aromatic hydroxyl groups is 1. The van der Waals surface area contributed by atoms with E-state index in [1.165, 1.54) is 19.2 Å². The average Bonchev–Trinajstić information content (AvgIpc) is 3.03. The van der Waals surface area contributed by atoms with Crippen molar-refractivity contribution in [2.45, 2.75) is 0 Å². The molecule has 0 spiro atoms. The van der Waals surface area contributed by atoms with Gasteiger partial charge in [-0.1, -0.05) is 18.2 Å². The number of methoxy groups -OCH3 is 1. The number of hydrogen-bond acceptors (Lipinski definition) is 6. The van der Waals surface area contributed by atoms with E-state index in [1.54, 1.807) is 48.4 Å². The van der Waals surface area contributed by atoms with Crippen molar-refractivity contribution < 1.29 is 24.5 Å². The first-order valence-corrected chi connectivity index (χ1v) is 8.68. The second-order valence-electron chi connectivity index (χ2n) is 5.62. The fourth-order valence-corrected chi connectivity index (χ4v) is 3.42. The van der Waals surface area contributed by atoms with Crippen LogP contribution in [0.2, 0.25) is 0 Å². The second kappa shape index (κ2) is 7.55. The Morgan fingerprint density at radius 2 is 2.00 bits per heavy atom. The van der Waals surface area contributed by atoms with Gasteiger partial charge in [-0.2, -0.15) is 4.99 Å². The number of anilines is 1. The van der Waals surface area contributed by atoms with Gasteiger partial charge in [-0.3, -0.25) is 4.79 Å². The molecule has 0 aliphatic carbocycles. The van der Waals surface area contributed by atoms with Crippen LogP contribution in [0, 0.1) is 0 Å². The number of nitrogens with zero attached hydrogens (tertiary/aromatic N) is 2. The van der Waals surface area contributed by atoms with Gasteiger partial charge < -0.3 is 19.8 Å². The lowest BCUT2D eigenvalue weighted by atomic mass is 10.1. The number of thioether (sulfide) groups is 1. The number of carbonyl (C=O) groups excluding carboxylic acids is 1. The van der Waals surface area contributed by atoms with Crippen LogP contribution in [-0.2, 0) is 4.79 Å². The van der Waals surface area contributed by atoms with Gasteiger partial charge in [0.1, 0.15) is 0 Å². The van der Waals surface area contributed by atoms with E-state index in [0.717, 1.165) is 11.8 Å².